The molecule has 1 atom stereocenters. The van der Waals surface area contributed by atoms with Crippen molar-refractivity contribution in [1.82, 2.24) is 20.1 Å². The Kier molecular flexibility index (Phi) is 3.52. The van der Waals surface area contributed by atoms with E-state index in [1.54, 1.807) is 6.33 Å². The van der Waals surface area contributed by atoms with E-state index in [-0.39, 0.29) is 11.2 Å². The summed E-state index contributed by atoms with van der Waals surface area (Å²) in [5, 5.41) is 11.8. The predicted molar refractivity (Wildman–Crippen MR) is 73.7 cm³/mol. The third-order valence-electron chi connectivity index (χ3n) is 3.89. The van der Waals surface area contributed by atoms with E-state index in [2.05, 4.69) is 15.5 Å². The maximum Gasteiger partial charge on any atom is 0.233 e. The molecule has 1 aromatic rings. The predicted octanol–water partition coefficient (Wildman–Crippen LogP) is 1.60. The van der Waals surface area contributed by atoms with Crippen LogP contribution in [0.1, 0.15) is 32.6 Å². The number of hydrogen-bond acceptors (Lipinski definition) is 4. The highest BCUT2D eigenvalue weighted by Gasteiger charge is 2.42. The maximum atomic E-state index is 12.3. The molecule has 0 aromatic carbocycles. The zero-order valence-corrected chi connectivity index (χ0v) is 12.2. The number of nitrogens with zero attached hydrogens (tertiary/aromatic N) is 3. The number of hydrogen-bond donors (Lipinski definition) is 1. The zero-order valence-electron chi connectivity index (χ0n) is 11.4. The molecule has 0 bridgehead atoms. The zero-order chi connectivity index (χ0) is 13.4. The monoisotopic (exact) mass is 280 g/mol. The first-order chi connectivity index (χ1) is 9.15. The smallest absolute Gasteiger partial charge is 0.233 e. The quantitative estimate of drug-likeness (QED) is 0.804. The molecule has 2 saturated carbocycles. The molecule has 1 heterocycles. The van der Waals surface area contributed by atoms with E-state index in [1.807, 2.05) is 18.5 Å². The molecule has 0 unspecified atom stereocenters. The highest BCUT2D eigenvalue weighted by molar-refractivity contribution is 8.00. The van der Waals surface area contributed by atoms with Crippen molar-refractivity contribution in [3.63, 3.8) is 0 Å². The average molecular weight is 280 g/mol. The first-order valence-corrected chi connectivity index (χ1v) is 7.84. The lowest BCUT2D eigenvalue weighted by Crippen LogP contribution is -2.42. The Morgan fingerprint density at radius 3 is 2.53 bits per heavy atom. The molecular formula is C13H20N4OS. The van der Waals surface area contributed by atoms with E-state index >= 15 is 0 Å². The van der Waals surface area contributed by atoms with Gasteiger partial charge in [0.1, 0.15) is 6.33 Å². The van der Waals surface area contributed by atoms with Gasteiger partial charge in [-0.15, -0.1) is 10.2 Å². The standard InChI is InChI=1S/C13H20N4OS/c1-8(19-13-16-14-7-17(13)2)12(18)15-11(9-3-4-9)10-5-6-10/h7-11H,3-6H2,1-2H3,(H,15,18)/t8-/m0/s1. The number of carbonyl (C=O) groups excluding carboxylic acids is 1. The summed E-state index contributed by atoms with van der Waals surface area (Å²) in [6, 6.07) is 0.426. The number of rotatable bonds is 6. The summed E-state index contributed by atoms with van der Waals surface area (Å²) < 4.78 is 1.84. The molecule has 1 N–H and O–H groups in total. The molecule has 0 radical (unpaired) electrons. The average Bonchev–Trinajstić information content (AvgIpc) is 3.27. The minimum Gasteiger partial charge on any atom is -0.352 e. The van der Waals surface area contributed by atoms with Gasteiger partial charge in [0.25, 0.3) is 0 Å². The molecule has 0 saturated heterocycles. The number of thioether (sulfide) groups is 1. The van der Waals surface area contributed by atoms with Gasteiger partial charge < -0.3 is 9.88 Å². The maximum absolute atomic E-state index is 12.3. The second-order valence-corrected chi connectivity index (χ2v) is 7.00. The Hall–Kier alpha value is -1.04. The highest BCUT2D eigenvalue weighted by Crippen LogP contribution is 2.44. The Morgan fingerprint density at radius 2 is 2.05 bits per heavy atom. The van der Waals surface area contributed by atoms with Crippen LogP contribution in [0.3, 0.4) is 0 Å². The second-order valence-electron chi connectivity index (χ2n) is 5.69. The minimum atomic E-state index is -0.122. The SMILES string of the molecule is C[C@H](Sc1nncn1C)C(=O)NC(C1CC1)C1CC1. The fourth-order valence-corrected chi connectivity index (χ4v) is 3.20. The van der Waals surface area contributed by atoms with Gasteiger partial charge in [0.2, 0.25) is 5.91 Å². The molecule has 0 aliphatic heterocycles. The van der Waals surface area contributed by atoms with E-state index in [9.17, 15) is 4.79 Å². The summed E-state index contributed by atoms with van der Waals surface area (Å²) in [7, 11) is 1.89. The van der Waals surface area contributed by atoms with Crippen molar-refractivity contribution in [3.05, 3.63) is 6.33 Å². The first-order valence-electron chi connectivity index (χ1n) is 6.96. The van der Waals surface area contributed by atoms with Crippen LogP contribution in [0, 0.1) is 11.8 Å². The van der Waals surface area contributed by atoms with Crippen LogP contribution in [0.5, 0.6) is 0 Å². The molecule has 19 heavy (non-hydrogen) atoms. The number of aromatic nitrogens is 3. The van der Waals surface area contributed by atoms with Gasteiger partial charge in [0.15, 0.2) is 5.16 Å². The van der Waals surface area contributed by atoms with Crippen LogP contribution in [0.15, 0.2) is 11.5 Å². The Morgan fingerprint density at radius 1 is 1.42 bits per heavy atom. The number of carbonyl (C=O) groups is 1. The van der Waals surface area contributed by atoms with Crippen molar-refractivity contribution >= 4 is 17.7 Å². The number of nitrogens with one attached hydrogen (secondary N) is 1. The molecule has 3 rings (SSSR count). The molecule has 1 aromatic heterocycles. The summed E-state index contributed by atoms with van der Waals surface area (Å²) in [5.74, 6) is 1.61. The number of aryl methyl sites for hydroxylation is 1. The molecule has 5 nitrogen and oxygen atoms in total. The first kappa shape index (κ1) is 13.0. The van der Waals surface area contributed by atoms with Gasteiger partial charge >= 0.3 is 0 Å². The van der Waals surface area contributed by atoms with E-state index in [4.69, 9.17) is 0 Å². The third kappa shape index (κ3) is 3.11. The molecule has 1 amide bonds. The normalized spacial score (nSPS) is 20.6. The molecular weight excluding hydrogens is 260 g/mol. The van der Waals surface area contributed by atoms with Crippen molar-refractivity contribution in [1.29, 1.82) is 0 Å². The van der Waals surface area contributed by atoms with Gasteiger partial charge in [-0.25, -0.2) is 0 Å². The van der Waals surface area contributed by atoms with Gasteiger partial charge in [-0.1, -0.05) is 11.8 Å². The Bertz CT molecular complexity index is 455. The molecule has 6 heteroatoms. The Balaban J connectivity index is 1.55. The molecule has 2 aliphatic rings. The molecule has 2 aliphatic carbocycles. The highest BCUT2D eigenvalue weighted by atomic mass is 32.2. The van der Waals surface area contributed by atoms with Crippen LogP contribution < -0.4 is 5.32 Å². The van der Waals surface area contributed by atoms with Gasteiger partial charge in [0.05, 0.1) is 5.25 Å². The largest absolute Gasteiger partial charge is 0.352 e. The lowest BCUT2D eigenvalue weighted by Gasteiger charge is -2.20. The van der Waals surface area contributed by atoms with E-state index < -0.39 is 0 Å². The van der Waals surface area contributed by atoms with E-state index in [0.717, 1.165) is 17.0 Å². The fourth-order valence-electron chi connectivity index (χ4n) is 2.40. The number of amides is 1. The van der Waals surface area contributed by atoms with Crippen molar-refractivity contribution in [2.24, 2.45) is 18.9 Å². The van der Waals surface area contributed by atoms with Crippen molar-refractivity contribution in [2.45, 2.75) is 49.1 Å². The van der Waals surface area contributed by atoms with Gasteiger partial charge in [-0.05, 0) is 44.4 Å². The van der Waals surface area contributed by atoms with Crippen molar-refractivity contribution < 1.29 is 4.79 Å². The summed E-state index contributed by atoms with van der Waals surface area (Å²) in [4.78, 5) is 12.3. The van der Waals surface area contributed by atoms with Gasteiger partial charge in [-0.2, -0.15) is 0 Å². The summed E-state index contributed by atoms with van der Waals surface area (Å²) in [5.41, 5.74) is 0. The van der Waals surface area contributed by atoms with Crippen LogP contribution in [0.4, 0.5) is 0 Å². The fraction of sp³-hybridized carbons (Fsp3) is 0.769. The van der Waals surface area contributed by atoms with Crippen LogP contribution in [-0.4, -0.2) is 32.0 Å². The molecule has 0 spiro atoms. The van der Waals surface area contributed by atoms with Crippen LogP contribution in [0.25, 0.3) is 0 Å². The topological polar surface area (TPSA) is 59.8 Å². The third-order valence-corrected chi connectivity index (χ3v) is 5.04. The van der Waals surface area contributed by atoms with Gasteiger partial charge in [-0.3, -0.25) is 4.79 Å². The summed E-state index contributed by atoms with van der Waals surface area (Å²) in [6.45, 7) is 1.94. The van der Waals surface area contributed by atoms with Gasteiger partial charge in [0, 0.05) is 13.1 Å². The van der Waals surface area contributed by atoms with E-state index in [0.29, 0.717) is 6.04 Å². The van der Waals surface area contributed by atoms with E-state index in [1.165, 1.54) is 37.4 Å². The van der Waals surface area contributed by atoms with Crippen molar-refractivity contribution in [2.75, 3.05) is 0 Å². The minimum absolute atomic E-state index is 0.122. The summed E-state index contributed by atoms with van der Waals surface area (Å²) in [6.07, 6.45) is 6.79. The molecule has 2 fully saturated rings. The van der Waals surface area contributed by atoms with Crippen LogP contribution >= 0.6 is 11.8 Å². The van der Waals surface area contributed by atoms with Crippen LogP contribution in [0.2, 0.25) is 0 Å². The lowest BCUT2D eigenvalue weighted by atomic mass is 10.1. The van der Waals surface area contributed by atoms with Crippen molar-refractivity contribution in [3.8, 4) is 0 Å². The molecule has 104 valence electrons. The lowest BCUT2D eigenvalue weighted by molar-refractivity contribution is -0.121. The summed E-state index contributed by atoms with van der Waals surface area (Å²) >= 11 is 1.47. The second kappa shape index (κ2) is 5.15. The van der Waals surface area contributed by atoms with Crippen LogP contribution in [-0.2, 0) is 11.8 Å². The Labute approximate surface area is 117 Å².